The first kappa shape index (κ1) is 11.2. The molecule has 1 atom stereocenters. The van der Waals surface area contributed by atoms with E-state index in [0.717, 1.165) is 9.62 Å². The summed E-state index contributed by atoms with van der Waals surface area (Å²) >= 11 is 1.43. The highest BCUT2D eigenvalue weighted by Gasteiger charge is 2.31. The minimum absolute atomic E-state index is 0.218. The molecule has 1 unspecified atom stereocenters. The highest BCUT2D eigenvalue weighted by Crippen LogP contribution is 2.25. The summed E-state index contributed by atoms with van der Waals surface area (Å²) in [4.78, 5) is 35.8. The molecule has 1 N–H and O–H groups in total. The number of aryl methyl sites for hydroxylation is 1. The zero-order valence-corrected chi connectivity index (χ0v) is 10.4. The van der Waals surface area contributed by atoms with E-state index in [2.05, 4.69) is 5.32 Å². The number of carbonyl (C=O) groups excluding carboxylic acids is 2. The second-order valence-corrected chi connectivity index (χ2v) is 5.30. The van der Waals surface area contributed by atoms with Crippen LogP contribution in [-0.2, 0) is 9.59 Å². The van der Waals surface area contributed by atoms with Crippen LogP contribution in [0.1, 0.15) is 23.8 Å². The number of hydrogen-bond acceptors (Lipinski definition) is 5. The van der Waals surface area contributed by atoms with Crippen molar-refractivity contribution in [1.29, 1.82) is 0 Å². The predicted octanol–water partition coefficient (Wildman–Crippen LogP) is 0.942. The minimum Gasteiger partial charge on any atom is -0.374 e. The van der Waals surface area contributed by atoms with Gasteiger partial charge in [0.15, 0.2) is 5.58 Å². The Kier molecular flexibility index (Phi) is 2.37. The van der Waals surface area contributed by atoms with Crippen molar-refractivity contribution in [2.24, 2.45) is 0 Å². The zero-order valence-electron chi connectivity index (χ0n) is 9.56. The summed E-state index contributed by atoms with van der Waals surface area (Å²) in [7, 11) is 0. The topological polar surface area (TPSA) is 81.3 Å². The van der Waals surface area contributed by atoms with E-state index < -0.39 is 11.9 Å². The second kappa shape index (κ2) is 3.81. The highest BCUT2D eigenvalue weighted by molar-refractivity contribution is 7.11. The Balaban J connectivity index is 2.09. The second-order valence-electron chi connectivity index (χ2n) is 4.22. The number of nitrogens with one attached hydrogen (secondary N) is 1. The molecule has 94 valence electrons. The third-order valence-electron chi connectivity index (χ3n) is 3.05. The maximum Gasteiger partial charge on any atom is 0.292 e. The number of piperidine rings is 1. The molecule has 1 aliphatic rings. The Morgan fingerprint density at radius 3 is 2.89 bits per heavy atom. The lowest BCUT2D eigenvalue weighted by Gasteiger charge is -2.19. The number of amides is 2. The molecular formula is C11H10N2O4S. The van der Waals surface area contributed by atoms with Gasteiger partial charge in [-0.1, -0.05) is 0 Å². The van der Waals surface area contributed by atoms with Crippen molar-refractivity contribution in [2.75, 3.05) is 0 Å². The van der Waals surface area contributed by atoms with E-state index >= 15 is 0 Å². The SMILES string of the molecule is Cc1scc2on(C3CCC(=O)NC3=O)c(=O)c12. The van der Waals surface area contributed by atoms with Gasteiger partial charge in [0.25, 0.3) is 11.5 Å². The number of fused-ring (bicyclic) bond motifs is 1. The van der Waals surface area contributed by atoms with E-state index in [1.165, 1.54) is 11.3 Å². The van der Waals surface area contributed by atoms with Gasteiger partial charge in [-0.3, -0.25) is 19.7 Å². The van der Waals surface area contributed by atoms with Crippen LogP contribution in [-0.4, -0.2) is 16.6 Å². The lowest BCUT2D eigenvalue weighted by Crippen LogP contribution is -2.43. The average molecular weight is 266 g/mol. The summed E-state index contributed by atoms with van der Waals surface area (Å²) in [6.45, 7) is 1.83. The molecule has 0 bridgehead atoms. The third-order valence-corrected chi connectivity index (χ3v) is 3.93. The Bertz CT molecular complexity index is 708. The predicted molar refractivity (Wildman–Crippen MR) is 64.5 cm³/mol. The summed E-state index contributed by atoms with van der Waals surface area (Å²) in [6.07, 6.45) is 0.512. The van der Waals surface area contributed by atoms with Crippen molar-refractivity contribution >= 4 is 34.1 Å². The van der Waals surface area contributed by atoms with Gasteiger partial charge < -0.3 is 4.52 Å². The van der Waals surface area contributed by atoms with Gasteiger partial charge in [0.2, 0.25) is 5.91 Å². The maximum absolute atomic E-state index is 12.1. The standard InChI is InChI=1S/C11H10N2O4S/c1-5-9-7(4-18-5)17-13(11(9)16)6-2-3-8(14)12-10(6)15/h4,6H,2-3H2,1H3,(H,12,14,15). The number of nitrogens with zero attached hydrogens (tertiary/aromatic N) is 1. The van der Waals surface area contributed by atoms with Gasteiger partial charge in [0.1, 0.15) is 11.4 Å². The van der Waals surface area contributed by atoms with Crippen molar-refractivity contribution in [1.82, 2.24) is 10.1 Å². The number of thiophene rings is 1. The van der Waals surface area contributed by atoms with Crippen LogP contribution in [0.4, 0.5) is 0 Å². The van der Waals surface area contributed by atoms with Crippen LogP contribution in [0.25, 0.3) is 11.0 Å². The molecule has 1 fully saturated rings. The van der Waals surface area contributed by atoms with Crippen LogP contribution >= 0.6 is 11.3 Å². The maximum atomic E-state index is 12.1. The van der Waals surface area contributed by atoms with Crippen molar-refractivity contribution < 1.29 is 14.1 Å². The van der Waals surface area contributed by atoms with Gasteiger partial charge in [-0.25, -0.2) is 0 Å². The van der Waals surface area contributed by atoms with E-state index in [9.17, 15) is 14.4 Å². The Morgan fingerprint density at radius 1 is 1.44 bits per heavy atom. The summed E-state index contributed by atoms with van der Waals surface area (Å²) in [5.74, 6) is -0.792. The van der Waals surface area contributed by atoms with Crippen LogP contribution < -0.4 is 10.9 Å². The molecule has 7 heteroatoms. The fourth-order valence-corrected chi connectivity index (χ4v) is 2.88. The molecule has 0 spiro atoms. The first-order valence-electron chi connectivity index (χ1n) is 5.51. The molecule has 3 heterocycles. The molecule has 2 aromatic rings. The van der Waals surface area contributed by atoms with Crippen molar-refractivity contribution in [3.63, 3.8) is 0 Å². The summed E-state index contributed by atoms with van der Waals surface area (Å²) in [5, 5.41) is 4.47. The van der Waals surface area contributed by atoms with E-state index in [1.807, 2.05) is 6.92 Å². The number of rotatable bonds is 1. The van der Waals surface area contributed by atoms with Crippen molar-refractivity contribution in [2.45, 2.75) is 25.8 Å². The Labute approximate surface area is 105 Å². The molecule has 2 aromatic heterocycles. The third kappa shape index (κ3) is 1.51. The van der Waals surface area contributed by atoms with E-state index in [1.54, 1.807) is 5.38 Å². The summed E-state index contributed by atoms with van der Waals surface area (Å²) < 4.78 is 6.48. The molecule has 18 heavy (non-hydrogen) atoms. The molecule has 1 aliphatic heterocycles. The van der Waals surface area contributed by atoms with Crippen LogP contribution in [0.3, 0.4) is 0 Å². The Morgan fingerprint density at radius 2 is 2.22 bits per heavy atom. The van der Waals surface area contributed by atoms with E-state index in [4.69, 9.17) is 4.52 Å². The molecule has 0 saturated carbocycles. The number of imide groups is 1. The van der Waals surface area contributed by atoms with Crippen LogP contribution in [0.2, 0.25) is 0 Å². The minimum atomic E-state index is -0.730. The van der Waals surface area contributed by atoms with Gasteiger partial charge in [0, 0.05) is 16.7 Å². The summed E-state index contributed by atoms with van der Waals surface area (Å²) in [6, 6.07) is -0.730. The normalized spacial score (nSPS) is 20.4. The first-order valence-corrected chi connectivity index (χ1v) is 6.39. The molecule has 0 aromatic carbocycles. The van der Waals surface area contributed by atoms with E-state index in [-0.39, 0.29) is 17.9 Å². The Hall–Kier alpha value is -1.89. The number of aromatic nitrogens is 1. The number of hydrogen-bond donors (Lipinski definition) is 1. The molecular weight excluding hydrogens is 256 g/mol. The number of carbonyl (C=O) groups is 2. The molecule has 1 saturated heterocycles. The lowest BCUT2D eigenvalue weighted by atomic mass is 10.1. The summed E-state index contributed by atoms with van der Waals surface area (Å²) in [5.41, 5.74) is 0.186. The molecule has 6 nitrogen and oxygen atoms in total. The van der Waals surface area contributed by atoms with E-state index in [0.29, 0.717) is 17.4 Å². The zero-order chi connectivity index (χ0) is 12.9. The quantitative estimate of drug-likeness (QED) is 0.779. The fourth-order valence-electron chi connectivity index (χ4n) is 2.13. The van der Waals surface area contributed by atoms with Crippen LogP contribution in [0, 0.1) is 6.92 Å². The monoisotopic (exact) mass is 266 g/mol. The van der Waals surface area contributed by atoms with Crippen LogP contribution in [0.15, 0.2) is 14.7 Å². The molecule has 0 radical (unpaired) electrons. The van der Waals surface area contributed by atoms with Gasteiger partial charge in [0.05, 0.1) is 0 Å². The van der Waals surface area contributed by atoms with Gasteiger partial charge in [-0.15, -0.1) is 11.3 Å². The first-order chi connectivity index (χ1) is 8.58. The smallest absolute Gasteiger partial charge is 0.292 e. The van der Waals surface area contributed by atoms with Gasteiger partial charge in [-0.05, 0) is 13.3 Å². The molecule has 2 amide bonds. The van der Waals surface area contributed by atoms with Gasteiger partial charge in [-0.2, -0.15) is 4.74 Å². The lowest BCUT2D eigenvalue weighted by molar-refractivity contribution is -0.137. The average Bonchev–Trinajstić information content (AvgIpc) is 2.82. The fraction of sp³-hybridized carbons (Fsp3) is 0.364. The van der Waals surface area contributed by atoms with Crippen molar-refractivity contribution in [3.05, 3.63) is 20.6 Å². The van der Waals surface area contributed by atoms with Gasteiger partial charge >= 0.3 is 0 Å². The highest BCUT2D eigenvalue weighted by atomic mass is 32.1. The van der Waals surface area contributed by atoms with Crippen molar-refractivity contribution in [3.8, 4) is 0 Å². The molecule has 3 rings (SSSR count). The largest absolute Gasteiger partial charge is 0.374 e. The molecule has 0 aliphatic carbocycles. The van der Waals surface area contributed by atoms with Crippen LogP contribution in [0.5, 0.6) is 0 Å².